The molecule has 3 rings (SSSR count). The first kappa shape index (κ1) is 19.9. The number of anilines is 1. The highest BCUT2D eigenvalue weighted by molar-refractivity contribution is 6.00. The molecule has 0 saturated heterocycles. The minimum absolute atomic E-state index is 0.250. The third-order valence-corrected chi connectivity index (χ3v) is 4.81. The number of benzene rings is 1. The van der Waals surface area contributed by atoms with Crippen LogP contribution >= 0.6 is 0 Å². The molecule has 0 aliphatic heterocycles. The molecule has 1 aliphatic carbocycles. The molecule has 2 aromatic rings. The van der Waals surface area contributed by atoms with Crippen LogP contribution in [0.1, 0.15) is 56.3 Å². The lowest BCUT2D eigenvalue weighted by Gasteiger charge is -2.20. The zero-order valence-electron chi connectivity index (χ0n) is 16.4. The van der Waals surface area contributed by atoms with E-state index in [0.29, 0.717) is 17.8 Å². The van der Waals surface area contributed by atoms with Crippen LogP contribution in [0.2, 0.25) is 0 Å². The molecule has 1 aromatic carbocycles. The highest BCUT2D eigenvalue weighted by atomic mass is 16.5. The molecule has 1 unspecified atom stereocenters. The fourth-order valence-electron chi connectivity index (χ4n) is 3.37. The van der Waals surface area contributed by atoms with Crippen molar-refractivity contribution in [3.63, 3.8) is 0 Å². The van der Waals surface area contributed by atoms with Gasteiger partial charge in [-0.15, -0.1) is 0 Å². The molecular weight excluding hydrogens is 356 g/mol. The van der Waals surface area contributed by atoms with Crippen LogP contribution in [0.4, 0.5) is 5.82 Å². The predicted octanol–water partition coefficient (Wildman–Crippen LogP) is 3.51. The van der Waals surface area contributed by atoms with Crippen molar-refractivity contribution < 1.29 is 14.3 Å². The normalized spacial score (nSPS) is 15.4. The molecule has 2 amide bonds. The standard InChI is InChI=1S/C21H28N4O3/c1-14(2)13-18(21(27)24-19-11-12-22-25-19)23-20(26)15-7-9-17(10-8-15)28-16-5-3-4-6-16/h7-12,14,16,18H,3-6,13H2,1-2H3,(H,23,26)(H2,22,24,25,27). The van der Waals surface area contributed by atoms with Gasteiger partial charge in [0.25, 0.3) is 5.91 Å². The van der Waals surface area contributed by atoms with Gasteiger partial charge in [-0.1, -0.05) is 13.8 Å². The van der Waals surface area contributed by atoms with Gasteiger partial charge in [0, 0.05) is 11.6 Å². The summed E-state index contributed by atoms with van der Waals surface area (Å²) < 4.78 is 5.94. The van der Waals surface area contributed by atoms with E-state index in [0.717, 1.165) is 18.6 Å². The number of nitrogens with zero attached hydrogens (tertiary/aromatic N) is 1. The van der Waals surface area contributed by atoms with Gasteiger partial charge in [0.1, 0.15) is 17.6 Å². The quantitative estimate of drug-likeness (QED) is 0.649. The van der Waals surface area contributed by atoms with E-state index < -0.39 is 6.04 Å². The Kier molecular flexibility index (Phi) is 6.68. The number of rotatable bonds is 8. The van der Waals surface area contributed by atoms with Gasteiger partial charge in [-0.3, -0.25) is 14.7 Å². The molecule has 0 spiro atoms. The van der Waals surface area contributed by atoms with E-state index in [9.17, 15) is 9.59 Å². The minimum atomic E-state index is -0.634. The molecule has 0 radical (unpaired) electrons. The molecule has 1 atom stereocenters. The first-order valence-corrected chi connectivity index (χ1v) is 9.89. The Balaban J connectivity index is 1.61. The van der Waals surface area contributed by atoms with E-state index in [2.05, 4.69) is 20.8 Å². The van der Waals surface area contributed by atoms with E-state index >= 15 is 0 Å². The predicted molar refractivity (Wildman–Crippen MR) is 107 cm³/mol. The van der Waals surface area contributed by atoms with E-state index in [1.165, 1.54) is 12.8 Å². The van der Waals surface area contributed by atoms with Gasteiger partial charge in [0.05, 0.1) is 12.3 Å². The Bertz CT molecular complexity index is 765. The first-order valence-electron chi connectivity index (χ1n) is 9.89. The van der Waals surface area contributed by atoms with Crippen LogP contribution in [0.3, 0.4) is 0 Å². The molecule has 1 aliphatic rings. The summed E-state index contributed by atoms with van der Waals surface area (Å²) in [6, 6.07) is 8.13. The summed E-state index contributed by atoms with van der Waals surface area (Å²) in [5.74, 6) is 0.978. The molecule has 7 heteroatoms. The summed E-state index contributed by atoms with van der Waals surface area (Å²) in [5, 5.41) is 12.1. The van der Waals surface area contributed by atoms with E-state index in [1.54, 1.807) is 24.4 Å². The summed E-state index contributed by atoms with van der Waals surface area (Å²) in [4.78, 5) is 25.2. The van der Waals surface area contributed by atoms with Gasteiger partial charge < -0.3 is 15.4 Å². The number of carbonyl (C=O) groups is 2. The second-order valence-corrected chi connectivity index (χ2v) is 7.66. The van der Waals surface area contributed by atoms with Crippen molar-refractivity contribution in [1.82, 2.24) is 15.5 Å². The Morgan fingerprint density at radius 1 is 1.18 bits per heavy atom. The lowest BCUT2D eigenvalue weighted by molar-refractivity contribution is -0.118. The molecule has 3 N–H and O–H groups in total. The van der Waals surface area contributed by atoms with Crippen molar-refractivity contribution >= 4 is 17.6 Å². The number of nitrogens with one attached hydrogen (secondary N) is 3. The lowest BCUT2D eigenvalue weighted by atomic mass is 10.0. The SMILES string of the molecule is CC(C)CC(NC(=O)c1ccc(OC2CCCC2)cc1)C(=O)Nc1ccn[nH]1. The van der Waals surface area contributed by atoms with Crippen LogP contribution < -0.4 is 15.4 Å². The van der Waals surface area contributed by atoms with Crippen LogP contribution in [0.25, 0.3) is 0 Å². The van der Waals surface area contributed by atoms with Gasteiger partial charge in [0.15, 0.2) is 0 Å². The number of aromatic amines is 1. The summed E-state index contributed by atoms with van der Waals surface area (Å²) in [6.45, 7) is 4.02. The van der Waals surface area contributed by atoms with Gasteiger partial charge in [-0.2, -0.15) is 5.10 Å². The fraction of sp³-hybridized carbons (Fsp3) is 0.476. The van der Waals surface area contributed by atoms with Gasteiger partial charge >= 0.3 is 0 Å². The number of ether oxygens (including phenoxy) is 1. The van der Waals surface area contributed by atoms with E-state index in [1.807, 2.05) is 26.0 Å². The number of hydrogen-bond acceptors (Lipinski definition) is 4. The molecule has 150 valence electrons. The maximum Gasteiger partial charge on any atom is 0.251 e. The van der Waals surface area contributed by atoms with E-state index in [4.69, 9.17) is 4.74 Å². The maximum atomic E-state index is 12.6. The molecule has 0 bridgehead atoms. The Morgan fingerprint density at radius 3 is 2.50 bits per heavy atom. The first-order chi connectivity index (χ1) is 13.5. The molecule has 28 heavy (non-hydrogen) atoms. The van der Waals surface area contributed by atoms with Crippen LogP contribution in [0, 0.1) is 5.92 Å². The fourth-order valence-corrected chi connectivity index (χ4v) is 3.37. The zero-order valence-corrected chi connectivity index (χ0v) is 16.4. The van der Waals surface area contributed by atoms with Crippen LogP contribution in [-0.2, 0) is 4.79 Å². The van der Waals surface area contributed by atoms with Crippen molar-refractivity contribution in [2.24, 2.45) is 5.92 Å². The molecule has 1 heterocycles. The van der Waals surface area contributed by atoms with Crippen molar-refractivity contribution in [3.05, 3.63) is 42.1 Å². The summed E-state index contributed by atoms with van der Waals surface area (Å²) in [5.41, 5.74) is 0.502. The van der Waals surface area contributed by atoms with Crippen LogP contribution in [0.5, 0.6) is 5.75 Å². The smallest absolute Gasteiger partial charge is 0.251 e. The lowest BCUT2D eigenvalue weighted by Crippen LogP contribution is -2.44. The number of aromatic nitrogens is 2. The number of H-pyrrole nitrogens is 1. The number of hydrogen-bond donors (Lipinski definition) is 3. The van der Waals surface area contributed by atoms with Crippen molar-refractivity contribution in [2.75, 3.05) is 5.32 Å². The highest BCUT2D eigenvalue weighted by Gasteiger charge is 2.23. The van der Waals surface area contributed by atoms with Crippen molar-refractivity contribution in [3.8, 4) is 5.75 Å². The van der Waals surface area contributed by atoms with Crippen molar-refractivity contribution in [1.29, 1.82) is 0 Å². The topological polar surface area (TPSA) is 96.1 Å². The Morgan fingerprint density at radius 2 is 1.89 bits per heavy atom. The minimum Gasteiger partial charge on any atom is -0.490 e. The zero-order chi connectivity index (χ0) is 19.9. The highest BCUT2D eigenvalue weighted by Crippen LogP contribution is 2.24. The average Bonchev–Trinajstić information content (AvgIpc) is 3.35. The largest absolute Gasteiger partial charge is 0.490 e. The average molecular weight is 384 g/mol. The third kappa shape index (κ3) is 5.58. The van der Waals surface area contributed by atoms with E-state index in [-0.39, 0.29) is 23.8 Å². The second kappa shape index (κ2) is 9.39. The summed E-state index contributed by atoms with van der Waals surface area (Å²) >= 11 is 0. The second-order valence-electron chi connectivity index (χ2n) is 7.66. The third-order valence-electron chi connectivity index (χ3n) is 4.81. The summed E-state index contributed by atoms with van der Waals surface area (Å²) in [7, 11) is 0. The number of amides is 2. The van der Waals surface area contributed by atoms with Gasteiger partial charge in [-0.25, -0.2) is 0 Å². The molecule has 1 aromatic heterocycles. The molecule has 7 nitrogen and oxygen atoms in total. The Hall–Kier alpha value is -2.83. The monoisotopic (exact) mass is 384 g/mol. The van der Waals surface area contributed by atoms with Crippen molar-refractivity contribution in [2.45, 2.75) is 58.1 Å². The molecule has 1 fully saturated rings. The van der Waals surface area contributed by atoms with Crippen LogP contribution in [0.15, 0.2) is 36.5 Å². The Labute approximate surface area is 165 Å². The number of carbonyl (C=O) groups excluding carboxylic acids is 2. The molecule has 1 saturated carbocycles. The molecular formula is C21H28N4O3. The maximum absolute atomic E-state index is 12.6. The van der Waals surface area contributed by atoms with Crippen LogP contribution in [-0.4, -0.2) is 34.2 Å². The summed E-state index contributed by atoms with van der Waals surface area (Å²) in [6.07, 6.45) is 6.97. The van der Waals surface area contributed by atoms with Gasteiger partial charge in [0.2, 0.25) is 5.91 Å². The van der Waals surface area contributed by atoms with Gasteiger partial charge in [-0.05, 0) is 62.3 Å².